The number of sulfonamides is 1. The molecule has 4 rings (SSSR count). The molecule has 0 saturated heterocycles. The number of aliphatic imine (C=N–C) groups is 2. The molecule has 0 saturated carbocycles. The SMILES string of the molecule is CCCS(=O)(=O)Nc1ccnc(Oc2ccc3c(c2)C2=NCCCN2C=N3)c1C#N. The average molecular weight is 424 g/mol. The Morgan fingerprint density at radius 3 is 3.00 bits per heavy atom. The van der Waals surface area contributed by atoms with Crippen LogP contribution in [-0.2, 0) is 10.0 Å². The van der Waals surface area contributed by atoms with E-state index < -0.39 is 10.0 Å². The van der Waals surface area contributed by atoms with Crippen LogP contribution in [0.5, 0.6) is 11.6 Å². The van der Waals surface area contributed by atoms with Crippen LogP contribution in [0.4, 0.5) is 11.4 Å². The first-order valence-electron chi connectivity index (χ1n) is 9.58. The molecule has 2 aromatic rings. The van der Waals surface area contributed by atoms with Gasteiger partial charge in [-0.1, -0.05) is 6.92 Å². The molecule has 1 N–H and O–H groups in total. The number of hydrogen-bond acceptors (Lipinski definition) is 8. The number of anilines is 1. The highest BCUT2D eigenvalue weighted by molar-refractivity contribution is 7.92. The van der Waals surface area contributed by atoms with Gasteiger partial charge in [0, 0.05) is 24.8 Å². The van der Waals surface area contributed by atoms with E-state index in [1.807, 2.05) is 17.0 Å². The topological polar surface area (TPSA) is 120 Å². The van der Waals surface area contributed by atoms with Gasteiger partial charge in [-0.15, -0.1) is 0 Å². The van der Waals surface area contributed by atoms with Crippen molar-refractivity contribution in [1.82, 2.24) is 9.88 Å². The van der Waals surface area contributed by atoms with Crippen molar-refractivity contribution in [3.63, 3.8) is 0 Å². The van der Waals surface area contributed by atoms with Crippen LogP contribution in [0.2, 0.25) is 0 Å². The van der Waals surface area contributed by atoms with Gasteiger partial charge in [-0.2, -0.15) is 5.26 Å². The van der Waals surface area contributed by atoms with Gasteiger partial charge in [0.1, 0.15) is 23.2 Å². The highest BCUT2D eigenvalue weighted by Crippen LogP contribution is 2.33. The summed E-state index contributed by atoms with van der Waals surface area (Å²) in [5.41, 5.74) is 1.78. The number of amidine groups is 1. The van der Waals surface area contributed by atoms with Gasteiger partial charge >= 0.3 is 0 Å². The van der Waals surface area contributed by atoms with E-state index in [-0.39, 0.29) is 22.9 Å². The Bertz CT molecular complexity index is 1180. The van der Waals surface area contributed by atoms with Crippen molar-refractivity contribution in [2.24, 2.45) is 9.98 Å². The Labute approximate surface area is 174 Å². The number of pyridine rings is 1. The molecule has 0 atom stereocenters. The van der Waals surface area contributed by atoms with Crippen molar-refractivity contribution in [1.29, 1.82) is 5.26 Å². The van der Waals surface area contributed by atoms with Crippen molar-refractivity contribution in [2.75, 3.05) is 23.6 Å². The van der Waals surface area contributed by atoms with Gasteiger partial charge in [-0.25, -0.2) is 18.4 Å². The number of aromatic nitrogens is 1. The fourth-order valence-corrected chi connectivity index (χ4v) is 4.43. The zero-order chi connectivity index (χ0) is 21.1. The molecule has 1 aromatic heterocycles. The lowest BCUT2D eigenvalue weighted by Gasteiger charge is -2.29. The molecule has 0 amide bonds. The fourth-order valence-electron chi connectivity index (χ4n) is 3.29. The maximum atomic E-state index is 12.1. The molecule has 10 heteroatoms. The lowest BCUT2D eigenvalue weighted by Crippen LogP contribution is -2.36. The van der Waals surface area contributed by atoms with E-state index in [0.717, 1.165) is 36.6 Å². The zero-order valence-electron chi connectivity index (χ0n) is 16.4. The first-order valence-corrected chi connectivity index (χ1v) is 11.2. The van der Waals surface area contributed by atoms with Crippen LogP contribution in [0.3, 0.4) is 0 Å². The average Bonchev–Trinajstić information content (AvgIpc) is 2.73. The minimum atomic E-state index is -3.55. The summed E-state index contributed by atoms with van der Waals surface area (Å²) in [5.74, 6) is 1.28. The van der Waals surface area contributed by atoms with Gasteiger partial charge in [0.15, 0.2) is 0 Å². The Balaban J connectivity index is 1.66. The number of nitrogens with one attached hydrogen (secondary N) is 1. The van der Waals surface area contributed by atoms with Crippen LogP contribution in [0, 0.1) is 11.3 Å². The smallest absolute Gasteiger partial charge is 0.239 e. The largest absolute Gasteiger partial charge is 0.438 e. The molecule has 2 aliphatic rings. The summed E-state index contributed by atoms with van der Waals surface area (Å²) in [7, 11) is -3.55. The maximum absolute atomic E-state index is 12.1. The predicted octanol–water partition coefficient (Wildman–Crippen LogP) is 3.02. The van der Waals surface area contributed by atoms with Crippen LogP contribution in [-0.4, -0.2) is 49.3 Å². The first kappa shape index (κ1) is 19.8. The molecular formula is C20H20N6O3S. The summed E-state index contributed by atoms with van der Waals surface area (Å²) in [4.78, 5) is 15.2. The standard InChI is InChI=1S/C20H20N6O3S/c1-2-10-30(27,28)25-18-6-8-23-20(16(18)12-21)29-14-4-5-17-15(11-14)19-22-7-3-9-26(19)13-24-17/h4-6,8,11,13H,2-3,7,9-10H2,1H3,(H,23,25). The second-order valence-electron chi connectivity index (χ2n) is 6.85. The first-order chi connectivity index (χ1) is 14.5. The van der Waals surface area contributed by atoms with E-state index in [1.54, 1.807) is 25.4 Å². The van der Waals surface area contributed by atoms with Crippen LogP contribution in [0.25, 0.3) is 0 Å². The molecule has 1 aromatic carbocycles. The Morgan fingerprint density at radius 1 is 1.33 bits per heavy atom. The second-order valence-corrected chi connectivity index (χ2v) is 8.69. The van der Waals surface area contributed by atoms with Crippen molar-refractivity contribution < 1.29 is 13.2 Å². The molecule has 30 heavy (non-hydrogen) atoms. The normalized spacial score (nSPS) is 14.9. The number of ether oxygens (including phenoxy) is 1. The summed E-state index contributed by atoms with van der Waals surface area (Å²) < 4.78 is 32.5. The molecule has 0 spiro atoms. The minimum Gasteiger partial charge on any atom is -0.438 e. The van der Waals surface area contributed by atoms with Gasteiger partial charge in [0.25, 0.3) is 0 Å². The van der Waals surface area contributed by atoms with Crippen LogP contribution in [0.15, 0.2) is 40.4 Å². The second kappa shape index (κ2) is 8.12. The molecule has 2 aliphatic heterocycles. The Hall–Kier alpha value is -3.45. The monoisotopic (exact) mass is 424 g/mol. The lowest BCUT2D eigenvalue weighted by atomic mass is 10.1. The summed E-state index contributed by atoms with van der Waals surface area (Å²) in [5, 5.41) is 9.60. The fraction of sp³-hybridized carbons (Fsp3) is 0.300. The van der Waals surface area contributed by atoms with E-state index in [1.165, 1.54) is 12.3 Å². The molecule has 154 valence electrons. The van der Waals surface area contributed by atoms with Crippen molar-refractivity contribution in [2.45, 2.75) is 19.8 Å². The number of nitriles is 1. The summed E-state index contributed by atoms with van der Waals surface area (Å²) in [6.07, 6.45) is 4.61. The number of benzene rings is 1. The third-order valence-electron chi connectivity index (χ3n) is 4.62. The van der Waals surface area contributed by atoms with Crippen molar-refractivity contribution in [3.05, 3.63) is 41.6 Å². The summed E-state index contributed by atoms with van der Waals surface area (Å²) >= 11 is 0. The third kappa shape index (κ3) is 3.97. The minimum absolute atomic E-state index is 0.0181. The van der Waals surface area contributed by atoms with E-state index >= 15 is 0 Å². The predicted molar refractivity (Wildman–Crippen MR) is 114 cm³/mol. The van der Waals surface area contributed by atoms with Gasteiger partial charge in [0.05, 0.1) is 23.5 Å². The van der Waals surface area contributed by atoms with Gasteiger partial charge in [0.2, 0.25) is 15.9 Å². The highest BCUT2D eigenvalue weighted by Gasteiger charge is 2.23. The van der Waals surface area contributed by atoms with Gasteiger partial charge in [-0.05, 0) is 37.1 Å². The lowest BCUT2D eigenvalue weighted by molar-refractivity contribution is 0.461. The zero-order valence-corrected chi connectivity index (χ0v) is 17.2. The van der Waals surface area contributed by atoms with Crippen molar-refractivity contribution in [3.8, 4) is 17.7 Å². The van der Waals surface area contributed by atoms with Crippen molar-refractivity contribution >= 4 is 33.6 Å². The summed E-state index contributed by atoms with van der Waals surface area (Å²) in [6.45, 7) is 3.38. The van der Waals surface area contributed by atoms with Crippen LogP contribution >= 0.6 is 0 Å². The van der Waals surface area contributed by atoms with E-state index in [9.17, 15) is 13.7 Å². The van der Waals surface area contributed by atoms with E-state index in [2.05, 4.69) is 19.7 Å². The molecule has 0 fully saturated rings. The van der Waals surface area contributed by atoms with Crippen LogP contribution < -0.4 is 9.46 Å². The summed E-state index contributed by atoms with van der Waals surface area (Å²) in [6, 6.07) is 8.77. The van der Waals surface area contributed by atoms with E-state index in [0.29, 0.717) is 12.2 Å². The third-order valence-corrected chi connectivity index (χ3v) is 6.09. The quantitative estimate of drug-likeness (QED) is 0.761. The molecular weight excluding hydrogens is 404 g/mol. The Kier molecular flexibility index (Phi) is 5.37. The molecule has 9 nitrogen and oxygen atoms in total. The van der Waals surface area contributed by atoms with Crippen LogP contribution in [0.1, 0.15) is 30.9 Å². The maximum Gasteiger partial charge on any atom is 0.239 e. The van der Waals surface area contributed by atoms with Gasteiger partial charge in [-0.3, -0.25) is 9.71 Å². The Morgan fingerprint density at radius 2 is 2.20 bits per heavy atom. The number of rotatable bonds is 6. The number of fused-ring (bicyclic) bond motifs is 3. The molecule has 3 heterocycles. The number of hydrogen-bond donors (Lipinski definition) is 1. The molecule has 0 unspecified atom stereocenters. The molecule has 0 radical (unpaired) electrons. The molecule has 0 bridgehead atoms. The molecule has 0 aliphatic carbocycles. The highest BCUT2D eigenvalue weighted by atomic mass is 32.2. The number of nitrogens with zero attached hydrogens (tertiary/aromatic N) is 5. The van der Waals surface area contributed by atoms with Gasteiger partial charge < -0.3 is 9.64 Å². The van der Waals surface area contributed by atoms with E-state index in [4.69, 9.17) is 4.74 Å².